The van der Waals surface area contributed by atoms with Crippen LogP contribution >= 0.6 is 23.1 Å². The quantitative estimate of drug-likeness (QED) is 0.925. The average molecular weight is 290 g/mol. The Morgan fingerprint density at radius 1 is 1.44 bits per heavy atom. The zero-order valence-corrected chi connectivity index (χ0v) is 11.6. The Kier molecular flexibility index (Phi) is 4.91. The van der Waals surface area contributed by atoms with Gasteiger partial charge in [-0.15, -0.1) is 5.10 Å². The molecule has 1 N–H and O–H groups in total. The topological polar surface area (TPSA) is 66.3 Å². The Bertz CT molecular complexity index is 413. The van der Waals surface area contributed by atoms with Crippen LogP contribution < -0.4 is 0 Å². The zero-order chi connectivity index (χ0) is 13.0. The van der Waals surface area contributed by atoms with Crippen molar-refractivity contribution < 1.29 is 9.90 Å². The lowest BCUT2D eigenvalue weighted by Gasteiger charge is -2.30. The van der Waals surface area contributed by atoms with E-state index in [2.05, 4.69) is 9.59 Å². The molecule has 1 aromatic rings. The van der Waals surface area contributed by atoms with Crippen LogP contribution in [0.5, 0.6) is 0 Å². The maximum absolute atomic E-state index is 11.3. The van der Waals surface area contributed by atoms with Gasteiger partial charge in [0, 0.05) is 18.1 Å². The number of hydrogen-bond acceptors (Lipinski definition) is 5. The van der Waals surface area contributed by atoms with E-state index in [1.165, 1.54) is 0 Å². The van der Waals surface area contributed by atoms with E-state index in [1.54, 1.807) is 0 Å². The number of hydrogen-bond donors (Lipinski definition) is 1. The number of carboxylic acids is 1. The summed E-state index contributed by atoms with van der Waals surface area (Å²) in [5.41, 5.74) is 0.688. The molecule has 0 amide bonds. The van der Waals surface area contributed by atoms with Crippen LogP contribution in [0.15, 0.2) is 0 Å². The minimum Gasteiger partial charge on any atom is -0.480 e. The van der Waals surface area contributed by atoms with Crippen LogP contribution in [0.25, 0.3) is 0 Å². The Morgan fingerprint density at radius 2 is 2.22 bits per heavy atom. The fraction of sp³-hybridized carbons (Fsp3) is 0.727. The molecule has 1 aliphatic heterocycles. The van der Waals surface area contributed by atoms with Gasteiger partial charge in [-0.05, 0) is 19.4 Å². The number of carbonyl (C=O) groups is 1. The van der Waals surface area contributed by atoms with Crippen molar-refractivity contribution in [1.82, 2.24) is 14.5 Å². The summed E-state index contributed by atoms with van der Waals surface area (Å²) in [4.78, 5) is 13.3. The van der Waals surface area contributed by atoms with Gasteiger partial charge in [-0.3, -0.25) is 9.69 Å². The van der Waals surface area contributed by atoms with Crippen molar-refractivity contribution >= 4 is 29.1 Å². The number of likely N-dealkylation sites (tertiary alicyclic amines) is 1. The van der Waals surface area contributed by atoms with Gasteiger partial charge in [0.25, 0.3) is 0 Å². The van der Waals surface area contributed by atoms with E-state index in [0.29, 0.717) is 23.0 Å². The average Bonchev–Trinajstić information content (AvgIpc) is 2.68. The highest BCUT2D eigenvalue weighted by Crippen LogP contribution is 2.23. The molecule has 2 heterocycles. The van der Waals surface area contributed by atoms with Gasteiger partial charge in [-0.2, -0.15) is 0 Å². The van der Waals surface area contributed by atoms with Crippen LogP contribution in [0.1, 0.15) is 37.8 Å². The predicted octanol–water partition coefficient (Wildman–Crippen LogP) is 2.41. The summed E-state index contributed by atoms with van der Waals surface area (Å²) in [6, 6.07) is -0.428. The number of rotatable bonds is 3. The number of carboxylic acid groups (broad SMARTS) is 1. The first-order chi connectivity index (χ1) is 8.68. The molecule has 1 unspecified atom stereocenters. The number of halogens is 1. The van der Waals surface area contributed by atoms with E-state index in [1.807, 2.05) is 4.90 Å². The maximum atomic E-state index is 11.3. The van der Waals surface area contributed by atoms with Gasteiger partial charge in [0.2, 0.25) is 0 Å². The van der Waals surface area contributed by atoms with Crippen molar-refractivity contribution in [3.8, 4) is 0 Å². The first kappa shape index (κ1) is 13.7. The second-order valence-electron chi connectivity index (χ2n) is 4.52. The fourth-order valence-corrected chi connectivity index (χ4v) is 2.91. The van der Waals surface area contributed by atoms with Gasteiger partial charge in [0.15, 0.2) is 0 Å². The van der Waals surface area contributed by atoms with Crippen LogP contribution in [0, 0.1) is 0 Å². The van der Waals surface area contributed by atoms with Crippen LogP contribution in [-0.2, 0) is 11.3 Å². The lowest BCUT2D eigenvalue weighted by Crippen LogP contribution is -2.42. The molecular formula is C11H16ClN3O2S. The first-order valence-electron chi connectivity index (χ1n) is 6.12. The summed E-state index contributed by atoms with van der Waals surface area (Å²) in [7, 11) is 0. The molecule has 0 aromatic carbocycles. The molecule has 1 saturated heterocycles. The van der Waals surface area contributed by atoms with Gasteiger partial charge in [-0.25, -0.2) is 0 Å². The highest BCUT2D eigenvalue weighted by molar-refractivity contribution is 7.10. The summed E-state index contributed by atoms with van der Waals surface area (Å²) in [5, 5.41) is 13.3. The standard InChI is InChI=1S/C11H16ClN3O2S/c12-10-8(13-14-18-10)7-15-6-4-2-1-3-5-9(15)11(16)17/h9H,1-7H2,(H,16,17). The van der Waals surface area contributed by atoms with Crippen molar-refractivity contribution in [2.45, 2.75) is 44.7 Å². The highest BCUT2D eigenvalue weighted by Gasteiger charge is 2.27. The van der Waals surface area contributed by atoms with Crippen molar-refractivity contribution in [2.24, 2.45) is 0 Å². The third kappa shape index (κ3) is 3.40. The van der Waals surface area contributed by atoms with Gasteiger partial charge >= 0.3 is 5.97 Å². The largest absolute Gasteiger partial charge is 0.480 e. The van der Waals surface area contributed by atoms with Gasteiger partial charge in [0.1, 0.15) is 16.1 Å². The Morgan fingerprint density at radius 3 is 2.89 bits per heavy atom. The van der Waals surface area contributed by atoms with Crippen LogP contribution in [0.4, 0.5) is 0 Å². The molecule has 0 aliphatic carbocycles. The van der Waals surface area contributed by atoms with Crippen LogP contribution in [0.3, 0.4) is 0 Å². The van der Waals surface area contributed by atoms with E-state index < -0.39 is 12.0 Å². The maximum Gasteiger partial charge on any atom is 0.320 e. The second kappa shape index (κ2) is 6.45. The molecule has 18 heavy (non-hydrogen) atoms. The molecular weight excluding hydrogens is 274 g/mol. The Labute approximate surface area is 115 Å². The van der Waals surface area contributed by atoms with E-state index in [-0.39, 0.29) is 0 Å². The van der Waals surface area contributed by atoms with Crippen LogP contribution in [-0.4, -0.2) is 38.1 Å². The third-order valence-electron chi connectivity index (χ3n) is 3.26. The molecule has 1 fully saturated rings. The summed E-state index contributed by atoms with van der Waals surface area (Å²) >= 11 is 7.12. The summed E-state index contributed by atoms with van der Waals surface area (Å²) in [6.07, 6.45) is 4.97. The molecule has 7 heteroatoms. The number of aromatic nitrogens is 2. The van der Waals surface area contributed by atoms with Crippen LogP contribution in [0.2, 0.25) is 4.34 Å². The Hall–Kier alpha value is -0.720. The molecule has 1 aliphatic rings. The smallest absolute Gasteiger partial charge is 0.320 e. The molecule has 5 nitrogen and oxygen atoms in total. The van der Waals surface area contributed by atoms with Crippen molar-refractivity contribution in [1.29, 1.82) is 0 Å². The lowest BCUT2D eigenvalue weighted by molar-refractivity contribution is -0.144. The molecule has 1 aromatic heterocycles. The second-order valence-corrected chi connectivity index (χ2v) is 5.88. The van der Waals surface area contributed by atoms with E-state index >= 15 is 0 Å². The molecule has 2 rings (SSSR count). The molecule has 100 valence electrons. The van der Waals surface area contributed by atoms with E-state index in [4.69, 9.17) is 11.6 Å². The minimum atomic E-state index is -0.754. The van der Waals surface area contributed by atoms with Crippen molar-refractivity contribution in [2.75, 3.05) is 6.54 Å². The molecule has 0 spiro atoms. The van der Waals surface area contributed by atoms with E-state index in [9.17, 15) is 9.90 Å². The minimum absolute atomic E-state index is 0.428. The first-order valence-corrected chi connectivity index (χ1v) is 7.27. The molecule has 1 atom stereocenters. The summed E-state index contributed by atoms with van der Waals surface area (Å²) < 4.78 is 4.34. The number of aliphatic carboxylic acids is 1. The molecule has 0 radical (unpaired) electrons. The van der Waals surface area contributed by atoms with Gasteiger partial charge in [-0.1, -0.05) is 35.4 Å². The zero-order valence-electron chi connectivity index (χ0n) is 10.0. The summed E-state index contributed by atoms with van der Waals surface area (Å²) in [6.45, 7) is 1.26. The van der Waals surface area contributed by atoms with Gasteiger partial charge < -0.3 is 5.11 Å². The molecule has 0 saturated carbocycles. The number of nitrogens with zero attached hydrogens (tertiary/aromatic N) is 3. The predicted molar refractivity (Wildman–Crippen MR) is 69.8 cm³/mol. The fourth-order valence-electron chi connectivity index (χ4n) is 2.30. The highest BCUT2D eigenvalue weighted by atomic mass is 35.5. The third-order valence-corrected chi connectivity index (χ3v) is 4.25. The monoisotopic (exact) mass is 289 g/mol. The van der Waals surface area contributed by atoms with E-state index in [0.717, 1.165) is 43.8 Å². The van der Waals surface area contributed by atoms with Crippen molar-refractivity contribution in [3.05, 3.63) is 10.0 Å². The molecule has 0 bridgehead atoms. The normalized spacial score (nSPS) is 22.4. The Balaban J connectivity index is 2.09. The lowest BCUT2D eigenvalue weighted by atomic mass is 10.0. The van der Waals surface area contributed by atoms with Crippen molar-refractivity contribution in [3.63, 3.8) is 0 Å². The van der Waals surface area contributed by atoms with Gasteiger partial charge in [0.05, 0.1) is 0 Å². The summed E-state index contributed by atoms with van der Waals surface area (Å²) in [5.74, 6) is -0.754. The SMILES string of the molecule is O=C(O)C1CCCCCCN1Cc1nnsc1Cl.